The van der Waals surface area contributed by atoms with Gasteiger partial charge in [-0.15, -0.1) is 0 Å². The van der Waals surface area contributed by atoms with Crippen molar-refractivity contribution in [1.29, 1.82) is 0 Å². The third kappa shape index (κ3) is 4.82. The third-order valence-corrected chi connectivity index (χ3v) is 4.01. The first kappa shape index (κ1) is 17.0. The molecule has 0 spiro atoms. The van der Waals surface area contributed by atoms with Crippen molar-refractivity contribution in [2.45, 2.75) is 23.1 Å². The summed E-state index contributed by atoms with van der Waals surface area (Å²) in [6, 6.07) is 11.1. The molecule has 0 saturated carbocycles. The zero-order valence-corrected chi connectivity index (χ0v) is 13.2. The summed E-state index contributed by atoms with van der Waals surface area (Å²) in [6.45, 7) is 1.92. The van der Waals surface area contributed by atoms with Crippen molar-refractivity contribution < 1.29 is 23.8 Å². The van der Waals surface area contributed by atoms with Gasteiger partial charge in [-0.25, -0.2) is 9.18 Å². The predicted octanol–water partition coefficient (Wildman–Crippen LogP) is 3.78. The quantitative estimate of drug-likeness (QED) is 0.815. The number of carboxylic acid groups (broad SMARTS) is 1. The van der Waals surface area contributed by atoms with E-state index in [-0.39, 0.29) is 18.6 Å². The van der Waals surface area contributed by atoms with E-state index < -0.39 is 17.8 Å². The largest absolute Gasteiger partial charge is 0.481 e. The Bertz CT molecular complexity index is 713. The molecule has 1 N–H and O–H groups in total. The SMILES string of the molecule is CCOC(=O)c1ccc(Sc2ccc(CC(=O)O)cc2)c(F)c1. The maximum atomic E-state index is 14.1. The fraction of sp³-hybridized carbons (Fsp3) is 0.176. The van der Waals surface area contributed by atoms with E-state index in [0.29, 0.717) is 10.5 Å². The Hall–Kier alpha value is -2.34. The molecule has 0 atom stereocenters. The van der Waals surface area contributed by atoms with Crippen molar-refractivity contribution >= 4 is 23.7 Å². The lowest BCUT2D eigenvalue weighted by atomic mass is 10.2. The minimum absolute atomic E-state index is 0.0481. The first-order valence-electron chi connectivity index (χ1n) is 6.95. The molecule has 6 heteroatoms. The highest BCUT2D eigenvalue weighted by molar-refractivity contribution is 7.99. The number of hydrogen-bond donors (Lipinski definition) is 1. The van der Waals surface area contributed by atoms with E-state index in [1.165, 1.54) is 23.9 Å². The molecule has 0 bridgehead atoms. The summed E-state index contributed by atoms with van der Waals surface area (Å²) < 4.78 is 18.9. The Balaban J connectivity index is 2.11. The molecule has 0 aliphatic heterocycles. The number of esters is 1. The molecule has 0 heterocycles. The number of hydrogen-bond acceptors (Lipinski definition) is 4. The van der Waals surface area contributed by atoms with Gasteiger partial charge in [-0.2, -0.15) is 0 Å². The summed E-state index contributed by atoms with van der Waals surface area (Å²) in [7, 11) is 0. The summed E-state index contributed by atoms with van der Waals surface area (Å²) in [6.07, 6.45) is -0.0481. The van der Waals surface area contributed by atoms with E-state index in [1.54, 1.807) is 31.2 Å². The molecular weight excluding hydrogens is 319 g/mol. The van der Waals surface area contributed by atoms with Crippen LogP contribution < -0.4 is 0 Å². The van der Waals surface area contributed by atoms with E-state index >= 15 is 0 Å². The summed E-state index contributed by atoms with van der Waals surface area (Å²) in [5, 5.41) is 8.72. The van der Waals surface area contributed by atoms with Crippen LogP contribution in [-0.4, -0.2) is 23.7 Å². The Kier molecular flexibility index (Phi) is 5.76. The van der Waals surface area contributed by atoms with Gasteiger partial charge in [-0.05, 0) is 42.8 Å². The number of carboxylic acids is 1. The zero-order chi connectivity index (χ0) is 16.8. The molecule has 0 aromatic heterocycles. The van der Waals surface area contributed by atoms with Gasteiger partial charge in [0, 0.05) is 9.79 Å². The highest BCUT2D eigenvalue weighted by Crippen LogP contribution is 2.30. The van der Waals surface area contributed by atoms with Gasteiger partial charge in [-0.1, -0.05) is 23.9 Å². The molecule has 2 aromatic rings. The number of carbonyl (C=O) groups is 2. The van der Waals surface area contributed by atoms with Crippen molar-refractivity contribution in [3.63, 3.8) is 0 Å². The monoisotopic (exact) mass is 334 g/mol. The molecule has 2 aromatic carbocycles. The lowest BCUT2D eigenvalue weighted by molar-refractivity contribution is -0.136. The number of ether oxygens (including phenoxy) is 1. The average Bonchev–Trinajstić information content (AvgIpc) is 2.51. The summed E-state index contributed by atoms with van der Waals surface area (Å²) in [5.74, 6) is -1.96. The Morgan fingerprint density at radius 1 is 1.17 bits per heavy atom. The van der Waals surface area contributed by atoms with Gasteiger partial charge in [0.15, 0.2) is 0 Å². The highest BCUT2D eigenvalue weighted by Gasteiger charge is 2.11. The first-order chi connectivity index (χ1) is 11.0. The van der Waals surface area contributed by atoms with E-state index in [4.69, 9.17) is 9.84 Å². The number of benzene rings is 2. The normalized spacial score (nSPS) is 10.3. The molecule has 0 saturated heterocycles. The predicted molar refractivity (Wildman–Crippen MR) is 84.3 cm³/mol. The van der Waals surface area contributed by atoms with Crippen LogP contribution in [0.5, 0.6) is 0 Å². The molecule has 0 amide bonds. The van der Waals surface area contributed by atoms with Crippen molar-refractivity contribution in [2.75, 3.05) is 6.61 Å². The maximum Gasteiger partial charge on any atom is 0.338 e. The molecule has 0 radical (unpaired) electrons. The van der Waals surface area contributed by atoms with Gasteiger partial charge in [0.25, 0.3) is 0 Å². The second-order valence-corrected chi connectivity index (χ2v) is 5.80. The topological polar surface area (TPSA) is 63.6 Å². The van der Waals surface area contributed by atoms with Crippen molar-refractivity contribution in [2.24, 2.45) is 0 Å². The Labute approximate surface area is 137 Å². The molecule has 4 nitrogen and oxygen atoms in total. The molecule has 0 aliphatic carbocycles. The van der Waals surface area contributed by atoms with Crippen LogP contribution in [0.2, 0.25) is 0 Å². The minimum Gasteiger partial charge on any atom is -0.481 e. The van der Waals surface area contributed by atoms with Crippen molar-refractivity contribution in [1.82, 2.24) is 0 Å². The molecular formula is C17H15FO4S. The van der Waals surface area contributed by atoms with Gasteiger partial charge in [-0.3, -0.25) is 4.79 Å². The van der Waals surface area contributed by atoms with Crippen LogP contribution in [-0.2, 0) is 16.0 Å². The lowest BCUT2D eigenvalue weighted by Gasteiger charge is -2.06. The van der Waals surface area contributed by atoms with E-state index in [1.807, 2.05) is 0 Å². The fourth-order valence-electron chi connectivity index (χ4n) is 1.90. The van der Waals surface area contributed by atoms with Gasteiger partial charge in [0.05, 0.1) is 18.6 Å². The van der Waals surface area contributed by atoms with Crippen LogP contribution in [0.1, 0.15) is 22.8 Å². The summed E-state index contributed by atoms with van der Waals surface area (Å²) >= 11 is 1.20. The van der Waals surface area contributed by atoms with Gasteiger partial charge >= 0.3 is 11.9 Å². The van der Waals surface area contributed by atoms with Gasteiger partial charge < -0.3 is 9.84 Å². The number of carbonyl (C=O) groups excluding carboxylic acids is 1. The lowest BCUT2D eigenvalue weighted by Crippen LogP contribution is -2.05. The molecule has 2 rings (SSSR count). The smallest absolute Gasteiger partial charge is 0.338 e. The number of rotatable bonds is 6. The van der Waals surface area contributed by atoms with Gasteiger partial charge in [0.2, 0.25) is 0 Å². The van der Waals surface area contributed by atoms with Crippen molar-refractivity contribution in [3.05, 3.63) is 59.4 Å². The summed E-state index contributed by atoms with van der Waals surface area (Å²) in [5.41, 5.74) is 0.852. The van der Waals surface area contributed by atoms with Crippen LogP contribution in [0.3, 0.4) is 0 Å². The third-order valence-electron chi connectivity index (χ3n) is 2.95. The minimum atomic E-state index is -0.897. The van der Waals surface area contributed by atoms with Gasteiger partial charge in [0.1, 0.15) is 5.82 Å². The van der Waals surface area contributed by atoms with E-state index in [2.05, 4.69) is 0 Å². The van der Waals surface area contributed by atoms with Crippen LogP contribution in [0.4, 0.5) is 4.39 Å². The highest BCUT2D eigenvalue weighted by atomic mass is 32.2. The number of aliphatic carboxylic acids is 1. The standard InChI is InChI=1S/C17H15FO4S/c1-2-22-17(21)12-5-8-15(14(18)10-12)23-13-6-3-11(4-7-13)9-16(19)20/h3-8,10H,2,9H2,1H3,(H,19,20). The Morgan fingerprint density at radius 2 is 1.87 bits per heavy atom. The molecule has 120 valence electrons. The molecule has 0 aliphatic rings. The van der Waals surface area contributed by atoms with E-state index in [0.717, 1.165) is 11.0 Å². The summed E-state index contributed by atoms with van der Waals surface area (Å²) in [4.78, 5) is 23.3. The Morgan fingerprint density at radius 3 is 2.43 bits per heavy atom. The van der Waals surface area contributed by atoms with Crippen LogP contribution in [0.15, 0.2) is 52.3 Å². The maximum absolute atomic E-state index is 14.1. The van der Waals surface area contributed by atoms with Crippen LogP contribution in [0, 0.1) is 5.82 Å². The molecule has 23 heavy (non-hydrogen) atoms. The second-order valence-electron chi connectivity index (χ2n) is 4.68. The van der Waals surface area contributed by atoms with Crippen LogP contribution in [0.25, 0.3) is 0 Å². The fourth-order valence-corrected chi connectivity index (χ4v) is 2.72. The molecule has 0 unspecified atom stereocenters. The van der Waals surface area contributed by atoms with Crippen molar-refractivity contribution in [3.8, 4) is 0 Å². The first-order valence-corrected chi connectivity index (χ1v) is 7.76. The zero-order valence-electron chi connectivity index (χ0n) is 12.4. The second kappa shape index (κ2) is 7.78. The van der Waals surface area contributed by atoms with E-state index in [9.17, 15) is 14.0 Å². The molecule has 0 fully saturated rings. The average molecular weight is 334 g/mol. The number of halogens is 1. The van der Waals surface area contributed by atoms with Crippen LogP contribution >= 0.6 is 11.8 Å².